The molecule has 1 atom stereocenters. The lowest BCUT2D eigenvalue weighted by molar-refractivity contribution is 0.101. The van der Waals surface area contributed by atoms with Crippen molar-refractivity contribution < 1.29 is 4.79 Å². The number of hydrogen-bond acceptors (Lipinski definition) is 4. The van der Waals surface area contributed by atoms with E-state index in [-0.39, 0.29) is 11.8 Å². The van der Waals surface area contributed by atoms with Gasteiger partial charge in [-0.25, -0.2) is 0 Å². The van der Waals surface area contributed by atoms with Crippen molar-refractivity contribution in [2.75, 3.05) is 23.3 Å². The zero-order chi connectivity index (χ0) is 16.9. The summed E-state index contributed by atoms with van der Waals surface area (Å²) in [6, 6.07) is 18.0. The summed E-state index contributed by atoms with van der Waals surface area (Å²) in [7, 11) is 0. The van der Waals surface area contributed by atoms with E-state index in [1.807, 2.05) is 6.07 Å². The Labute approximate surface area is 142 Å². The molecule has 4 nitrogen and oxygen atoms in total. The molecule has 0 aromatic heterocycles. The highest BCUT2D eigenvalue weighted by Crippen LogP contribution is 2.24. The number of carbonyl (C=O) groups is 1. The van der Waals surface area contributed by atoms with Crippen LogP contribution in [0.4, 0.5) is 11.4 Å². The quantitative estimate of drug-likeness (QED) is 0.870. The summed E-state index contributed by atoms with van der Waals surface area (Å²) < 4.78 is 0. The van der Waals surface area contributed by atoms with Crippen LogP contribution in [0.5, 0.6) is 0 Å². The van der Waals surface area contributed by atoms with Crippen LogP contribution in [0.25, 0.3) is 0 Å². The van der Waals surface area contributed by atoms with Gasteiger partial charge in [0.1, 0.15) is 0 Å². The van der Waals surface area contributed by atoms with E-state index in [2.05, 4.69) is 40.6 Å². The van der Waals surface area contributed by atoms with Crippen LogP contribution in [0.1, 0.15) is 35.7 Å². The molecule has 1 N–H and O–H groups in total. The SMILES string of the molecule is CC(=O)c1ccc(C#N)cc1NC1CCCN(c2ccccc2)C1. The number of anilines is 2. The average molecular weight is 319 g/mol. The van der Waals surface area contributed by atoms with Gasteiger partial charge in [0.15, 0.2) is 5.78 Å². The molecular weight excluding hydrogens is 298 g/mol. The first-order valence-corrected chi connectivity index (χ1v) is 8.29. The molecule has 1 aliphatic heterocycles. The summed E-state index contributed by atoms with van der Waals surface area (Å²) in [5.41, 5.74) is 3.20. The maximum Gasteiger partial charge on any atom is 0.161 e. The van der Waals surface area contributed by atoms with Gasteiger partial charge in [0, 0.05) is 36.1 Å². The Balaban J connectivity index is 1.78. The van der Waals surface area contributed by atoms with Crippen LogP contribution >= 0.6 is 0 Å². The van der Waals surface area contributed by atoms with E-state index in [0.29, 0.717) is 11.1 Å². The van der Waals surface area contributed by atoms with Crippen LogP contribution in [-0.2, 0) is 0 Å². The Morgan fingerprint density at radius 1 is 1.25 bits per heavy atom. The zero-order valence-corrected chi connectivity index (χ0v) is 13.8. The number of para-hydroxylation sites is 1. The van der Waals surface area contributed by atoms with Gasteiger partial charge in [-0.15, -0.1) is 0 Å². The molecule has 24 heavy (non-hydrogen) atoms. The van der Waals surface area contributed by atoms with Gasteiger partial charge in [-0.2, -0.15) is 5.26 Å². The highest BCUT2D eigenvalue weighted by atomic mass is 16.1. The maximum absolute atomic E-state index is 11.9. The van der Waals surface area contributed by atoms with Crippen LogP contribution in [0.15, 0.2) is 48.5 Å². The third kappa shape index (κ3) is 3.57. The molecule has 1 fully saturated rings. The third-order valence-electron chi connectivity index (χ3n) is 4.43. The molecule has 1 unspecified atom stereocenters. The molecule has 2 aromatic rings. The van der Waals surface area contributed by atoms with Crippen molar-refractivity contribution in [1.82, 2.24) is 0 Å². The molecule has 2 aromatic carbocycles. The van der Waals surface area contributed by atoms with Gasteiger partial charge in [-0.1, -0.05) is 18.2 Å². The number of rotatable bonds is 4. The van der Waals surface area contributed by atoms with Crippen LogP contribution in [-0.4, -0.2) is 24.9 Å². The van der Waals surface area contributed by atoms with Crippen LogP contribution in [0, 0.1) is 11.3 Å². The molecule has 0 bridgehead atoms. The van der Waals surface area contributed by atoms with Crippen molar-refractivity contribution in [1.29, 1.82) is 5.26 Å². The van der Waals surface area contributed by atoms with Gasteiger partial charge in [-0.05, 0) is 50.1 Å². The fourth-order valence-corrected chi connectivity index (χ4v) is 3.23. The molecule has 1 aliphatic rings. The van der Waals surface area contributed by atoms with Crippen molar-refractivity contribution in [3.05, 3.63) is 59.7 Å². The van der Waals surface area contributed by atoms with E-state index in [9.17, 15) is 4.79 Å². The van der Waals surface area contributed by atoms with E-state index >= 15 is 0 Å². The van der Waals surface area contributed by atoms with E-state index in [1.54, 1.807) is 25.1 Å². The number of ketones is 1. The fraction of sp³-hybridized carbons (Fsp3) is 0.300. The summed E-state index contributed by atoms with van der Waals surface area (Å²) in [5, 5.41) is 12.6. The molecular formula is C20H21N3O. The molecule has 0 saturated carbocycles. The Morgan fingerprint density at radius 2 is 2.04 bits per heavy atom. The first-order chi connectivity index (χ1) is 11.7. The van der Waals surface area contributed by atoms with Gasteiger partial charge in [0.2, 0.25) is 0 Å². The zero-order valence-electron chi connectivity index (χ0n) is 13.8. The number of nitrogens with zero attached hydrogens (tertiary/aromatic N) is 2. The van der Waals surface area contributed by atoms with Gasteiger partial charge < -0.3 is 10.2 Å². The second-order valence-corrected chi connectivity index (χ2v) is 6.19. The minimum atomic E-state index is 0.0118. The van der Waals surface area contributed by atoms with Gasteiger partial charge in [-0.3, -0.25) is 4.79 Å². The Bertz CT molecular complexity index is 764. The minimum absolute atomic E-state index is 0.0118. The van der Waals surface area contributed by atoms with E-state index in [1.165, 1.54) is 5.69 Å². The Kier molecular flexibility index (Phi) is 4.81. The number of benzene rings is 2. The summed E-state index contributed by atoms with van der Waals surface area (Å²) in [6.45, 7) is 3.49. The molecule has 4 heteroatoms. The first kappa shape index (κ1) is 16.1. The molecule has 0 amide bonds. The number of nitrogens with one attached hydrogen (secondary N) is 1. The van der Waals surface area contributed by atoms with E-state index in [4.69, 9.17) is 5.26 Å². The lowest BCUT2D eigenvalue weighted by atomic mass is 10.0. The first-order valence-electron chi connectivity index (χ1n) is 8.29. The third-order valence-corrected chi connectivity index (χ3v) is 4.43. The molecule has 0 aliphatic carbocycles. The second-order valence-electron chi connectivity index (χ2n) is 6.19. The molecule has 3 rings (SSSR count). The number of carbonyl (C=O) groups excluding carboxylic acids is 1. The maximum atomic E-state index is 11.9. The second kappa shape index (κ2) is 7.18. The molecule has 1 saturated heterocycles. The summed E-state index contributed by atoms with van der Waals surface area (Å²) in [5.74, 6) is 0.0118. The monoisotopic (exact) mass is 319 g/mol. The summed E-state index contributed by atoms with van der Waals surface area (Å²) >= 11 is 0. The summed E-state index contributed by atoms with van der Waals surface area (Å²) in [4.78, 5) is 14.2. The van der Waals surface area contributed by atoms with Crippen molar-refractivity contribution in [2.24, 2.45) is 0 Å². The molecule has 122 valence electrons. The van der Waals surface area contributed by atoms with Gasteiger partial charge in [0.05, 0.1) is 11.6 Å². The lowest BCUT2D eigenvalue weighted by Crippen LogP contribution is -2.42. The molecule has 1 heterocycles. The number of piperidine rings is 1. The Morgan fingerprint density at radius 3 is 2.75 bits per heavy atom. The minimum Gasteiger partial charge on any atom is -0.380 e. The van der Waals surface area contributed by atoms with E-state index < -0.39 is 0 Å². The topological polar surface area (TPSA) is 56.1 Å². The summed E-state index contributed by atoms with van der Waals surface area (Å²) in [6.07, 6.45) is 2.15. The highest BCUT2D eigenvalue weighted by molar-refractivity contribution is 5.99. The average Bonchev–Trinajstić information content (AvgIpc) is 2.62. The van der Waals surface area contributed by atoms with Crippen molar-refractivity contribution in [2.45, 2.75) is 25.8 Å². The van der Waals surface area contributed by atoms with Crippen LogP contribution in [0.2, 0.25) is 0 Å². The smallest absolute Gasteiger partial charge is 0.161 e. The largest absolute Gasteiger partial charge is 0.380 e. The van der Waals surface area contributed by atoms with Crippen LogP contribution in [0.3, 0.4) is 0 Å². The normalized spacial score (nSPS) is 17.2. The van der Waals surface area contributed by atoms with Crippen molar-refractivity contribution in [3.8, 4) is 6.07 Å². The number of nitriles is 1. The van der Waals surface area contributed by atoms with Crippen molar-refractivity contribution in [3.63, 3.8) is 0 Å². The lowest BCUT2D eigenvalue weighted by Gasteiger charge is -2.35. The molecule has 0 radical (unpaired) electrons. The number of Topliss-reactive ketones (excluding diaryl/α,β-unsaturated/α-hetero) is 1. The Hall–Kier alpha value is -2.80. The predicted molar refractivity (Wildman–Crippen MR) is 96.5 cm³/mol. The molecule has 0 spiro atoms. The highest BCUT2D eigenvalue weighted by Gasteiger charge is 2.21. The van der Waals surface area contributed by atoms with Crippen LogP contribution < -0.4 is 10.2 Å². The van der Waals surface area contributed by atoms with Gasteiger partial charge in [0.25, 0.3) is 0 Å². The van der Waals surface area contributed by atoms with E-state index in [0.717, 1.165) is 31.6 Å². The van der Waals surface area contributed by atoms with Gasteiger partial charge >= 0.3 is 0 Å². The number of hydrogen-bond donors (Lipinski definition) is 1. The standard InChI is InChI=1S/C20H21N3O/c1-15(24)19-10-9-16(13-21)12-20(19)22-17-6-5-11-23(14-17)18-7-3-2-4-8-18/h2-4,7-10,12,17,22H,5-6,11,14H2,1H3. The fourth-order valence-electron chi connectivity index (χ4n) is 3.23. The predicted octanol–water partition coefficient (Wildman–Crippen LogP) is 3.84. The van der Waals surface area contributed by atoms with Crippen molar-refractivity contribution >= 4 is 17.2 Å².